The molecule has 0 bridgehead atoms. The van der Waals surface area contributed by atoms with Gasteiger partial charge in [-0.15, -0.1) is 11.8 Å². The van der Waals surface area contributed by atoms with Crippen LogP contribution in [-0.2, 0) is 24.8 Å². The van der Waals surface area contributed by atoms with Crippen LogP contribution in [0.4, 0.5) is 5.69 Å². The molecule has 1 heterocycles. The van der Waals surface area contributed by atoms with E-state index in [0.29, 0.717) is 23.6 Å². The smallest absolute Gasteiger partial charge is 0.338 e. The van der Waals surface area contributed by atoms with E-state index >= 15 is 0 Å². The van der Waals surface area contributed by atoms with Gasteiger partial charge in [0.05, 0.1) is 23.6 Å². The van der Waals surface area contributed by atoms with Gasteiger partial charge in [0.15, 0.2) is 6.61 Å². The van der Waals surface area contributed by atoms with E-state index in [2.05, 4.69) is 10.5 Å². The molecule has 0 saturated heterocycles. The van der Waals surface area contributed by atoms with E-state index < -0.39 is 17.8 Å². The third kappa shape index (κ3) is 6.41. The van der Waals surface area contributed by atoms with Crippen molar-refractivity contribution in [2.75, 3.05) is 24.3 Å². The normalized spacial score (nSPS) is 10.4. The number of nitrogens with zero attached hydrogens (tertiary/aromatic N) is 1. The van der Waals surface area contributed by atoms with Crippen LogP contribution in [0.3, 0.4) is 0 Å². The van der Waals surface area contributed by atoms with Crippen molar-refractivity contribution in [2.45, 2.75) is 26.5 Å². The van der Waals surface area contributed by atoms with Crippen molar-refractivity contribution in [1.29, 1.82) is 0 Å². The fourth-order valence-electron chi connectivity index (χ4n) is 2.23. The lowest BCUT2D eigenvalue weighted by Crippen LogP contribution is -2.21. The van der Waals surface area contributed by atoms with Gasteiger partial charge in [0.1, 0.15) is 5.76 Å². The zero-order valence-electron chi connectivity index (χ0n) is 15.9. The lowest BCUT2D eigenvalue weighted by Gasteiger charge is -2.07. The van der Waals surface area contributed by atoms with Crippen LogP contribution in [0.2, 0.25) is 0 Å². The number of hydrogen-bond acceptors (Lipinski definition) is 8. The van der Waals surface area contributed by atoms with E-state index in [1.165, 1.54) is 11.8 Å². The maximum absolute atomic E-state index is 11.9. The van der Waals surface area contributed by atoms with Gasteiger partial charge in [-0.1, -0.05) is 5.16 Å². The van der Waals surface area contributed by atoms with E-state index in [1.807, 2.05) is 13.8 Å². The molecule has 0 aliphatic heterocycles. The largest absolute Gasteiger partial charge is 0.462 e. The van der Waals surface area contributed by atoms with Gasteiger partial charge in [-0.2, -0.15) is 0 Å². The predicted octanol–water partition coefficient (Wildman–Crippen LogP) is 2.88. The Morgan fingerprint density at radius 3 is 2.46 bits per heavy atom. The first kappa shape index (κ1) is 21.5. The number of esters is 2. The number of ether oxygens (including phenoxy) is 2. The molecule has 0 saturated carbocycles. The summed E-state index contributed by atoms with van der Waals surface area (Å²) < 4.78 is 14.9. The molecule has 28 heavy (non-hydrogen) atoms. The number of benzene rings is 1. The highest BCUT2D eigenvalue weighted by Crippen LogP contribution is 2.19. The molecule has 1 aromatic carbocycles. The number of aryl methyl sites for hydroxylation is 2. The maximum Gasteiger partial charge on any atom is 0.338 e. The molecule has 0 aliphatic carbocycles. The van der Waals surface area contributed by atoms with Crippen LogP contribution < -0.4 is 5.32 Å². The molecule has 0 atom stereocenters. The van der Waals surface area contributed by atoms with Gasteiger partial charge < -0.3 is 19.3 Å². The second-order valence-corrected chi connectivity index (χ2v) is 6.79. The van der Waals surface area contributed by atoms with E-state index in [4.69, 9.17) is 14.0 Å². The summed E-state index contributed by atoms with van der Waals surface area (Å²) in [6, 6.07) is 6.24. The summed E-state index contributed by atoms with van der Waals surface area (Å²) in [6.45, 7) is 5.29. The van der Waals surface area contributed by atoms with E-state index in [-0.39, 0.29) is 12.4 Å². The topological polar surface area (TPSA) is 108 Å². The number of rotatable bonds is 9. The Kier molecular flexibility index (Phi) is 8.06. The predicted molar refractivity (Wildman–Crippen MR) is 104 cm³/mol. The number of thioether (sulfide) groups is 1. The summed E-state index contributed by atoms with van der Waals surface area (Å²) in [5.74, 6) is 0.0496. The van der Waals surface area contributed by atoms with Gasteiger partial charge in [-0.25, -0.2) is 4.79 Å². The summed E-state index contributed by atoms with van der Waals surface area (Å²) in [7, 11) is 0. The number of hydrogen-bond donors (Lipinski definition) is 1. The highest BCUT2D eigenvalue weighted by Gasteiger charge is 2.12. The Labute approximate surface area is 166 Å². The molecule has 1 amide bonds. The molecular weight excluding hydrogens is 384 g/mol. The molecule has 9 heteroatoms. The molecular formula is C19H22N2O6S. The summed E-state index contributed by atoms with van der Waals surface area (Å²) in [4.78, 5) is 35.2. The standard InChI is InChI=1S/C19H22N2O6S/c1-4-25-19(24)14-5-7-15(8-6-14)20-17(22)9-26-18(23)11-28-10-16-12(2)21-27-13(16)3/h5-8H,4,9-11H2,1-3H3,(H,20,22). The Bertz CT molecular complexity index is 812. The van der Waals surface area contributed by atoms with Gasteiger partial charge in [-0.05, 0) is 45.0 Å². The highest BCUT2D eigenvalue weighted by molar-refractivity contribution is 7.99. The molecule has 0 radical (unpaired) electrons. The van der Waals surface area contributed by atoms with E-state index in [0.717, 1.165) is 17.0 Å². The van der Waals surface area contributed by atoms with Crippen LogP contribution in [0.15, 0.2) is 28.8 Å². The Morgan fingerprint density at radius 1 is 1.14 bits per heavy atom. The van der Waals surface area contributed by atoms with Crippen LogP contribution in [0.5, 0.6) is 0 Å². The van der Waals surface area contributed by atoms with Crippen LogP contribution >= 0.6 is 11.8 Å². The monoisotopic (exact) mass is 406 g/mol. The maximum atomic E-state index is 11.9. The average Bonchev–Trinajstić information content (AvgIpc) is 2.99. The van der Waals surface area contributed by atoms with Gasteiger partial charge in [0, 0.05) is 17.0 Å². The second kappa shape index (κ2) is 10.5. The first-order chi connectivity index (χ1) is 13.4. The highest BCUT2D eigenvalue weighted by atomic mass is 32.2. The summed E-state index contributed by atoms with van der Waals surface area (Å²) in [6.07, 6.45) is 0. The van der Waals surface area contributed by atoms with E-state index in [1.54, 1.807) is 31.2 Å². The number of carbonyl (C=O) groups is 3. The summed E-state index contributed by atoms with van der Waals surface area (Å²) in [5, 5.41) is 6.45. The molecule has 8 nitrogen and oxygen atoms in total. The van der Waals surface area contributed by atoms with Gasteiger partial charge >= 0.3 is 11.9 Å². The number of nitrogens with one attached hydrogen (secondary N) is 1. The van der Waals surface area contributed by atoms with Crippen molar-refractivity contribution in [2.24, 2.45) is 0 Å². The van der Waals surface area contributed by atoms with Crippen molar-refractivity contribution < 1.29 is 28.4 Å². The first-order valence-electron chi connectivity index (χ1n) is 8.62. The minimum absolute atomic E-state index is 0.117. The quantitative estimate of drug-likeness (QED) is 0.634. The molecule has 0 fully saturated rings. The second-order valence-electron chi connectivity index (χ2n) is 5.80. The van der Waals surface area contributed by atoms with E-state index in [9.17, 15) is 14.4 Å². The van der Waals surface area contributed by atoms with Crippen LogP contribution in [0, 0.1) is 13.8 Å². The molecule has 1 aromatic heterocycles. The molecule has 0 unspecified atom stereocenters. The summed E-state index contributed by atoms with van der Waals surface area (Å²) in [5.41, 5.74) is 2.64. The van der Waals surface area contributed by atoms with Crippen LogP contribution in [-0.4, -0.2) is 42.0 Å². The van der Waals surface area contributed by atoms with Crippen molar-refractivity contribution in [3.63, 3.8) is 0 Å². The SMILES string of the molecule is CCOC(=O)c1ccc(NC(=O)COC(=O)CSCc2c(C)noc2C)cc1. The fourth-order valence-corrected chi connectivity index (χ4v) is 3.20. The lowest BCUT2D eigenvalue weighted by molar-refractivity contribution is -0.144. The minimum atomic E-state index is -0.482. The van der Waals surface area contributed by atoms with Gasteiger partial charge in [-0.3, -0.25) is 9.59 Å². The van der Waals surface area contributed by atoms with Gasteiger partial charge in [0.2, 0.25) is 0 Å². The van der Waals surface area contributed by atoms with Crippen molar-refractivity contribution in [3.8, 4) is 0 Å². The van der Waals surface area contributed by atoms with Gasteiger partial charge in [0.25, 0.3) is 5.91 Å². The number of carbonyl (C=O) groups excluding carboxylic acids is 3. The molecule has 1 N–H and O–H groups in total. The van der Waals surface area contributed by atoms with Crippen LogP contribution in [0.1, 0.15) is 34.3 Å². The Hall–Kier alpha value is -2.81. The average molecular weight is 406 g/mol. The van der Waals surface area contributed by atoms with Crippen molar-refractivity contribution >= 4 is 35.3 Å². The number of aromatic nitrogens is 1. The summed E-state index contributed by atoms with van der Waals surface area (Å²) >= 11 is 1.36. The molecule has 0 spiro atoms. The molecule has 150 valence electrons. The lowest BCUT2D eigenvalue weighted by atomic mass is 10.2. The third-order valence-electron chi connectivity index (χ3n) is 3.69. The van der Waals surface area contributed by atoms with Crippen molar-refractivity contribution in [3.05, 3.63) is 46.8 Å². The fraction of sp³-hybridized carbons (Fsp3) is 0.368. The zero-order chi connectivity index (χ0) is 20.5. The van der Waals surface area contributed by atoms with Crippen LogP contribution in [0.25, 0.3) is 0 Å². The Morgan fingerprint density at radius 2 is 1.86 bits per heavy atom. The molecule has 2 aromatic rings. The minimum Gasteiger partial charge on any atom is -0.462 e. The number of amides is 1. The zero-order valence-corrected chi connectivity index (χ0v) is 16.8. The molecule has 0 aliphatic rings. The number of anilines is 1. The first-order valence-corrected chi connectivity index (χ1v) is 9.78. The molecule has 2 rings (SSSR count). The Balaban J connectivity index is 1.70. The third-order valence-corrected chi connectivity index (χ3v) is 4.62. The van der Waals surface area contributed by atoms with Crippen molar-refractivity contribution in [1.82, 2.24) is 5.16 Å².